The molecule has 0 radical (unpaired) electrons. The monoisotopic (exact) mass is 1680 g/mol. The maximum Gasteiger partial charge on any atom is 0.159 e. The van der Waals surface area contributed by atoms with E-state index in [4.69, 9.17) is 28.3 Å². The van der Waals surface area contributed by atoms with Gasteiger partial charge >= 0.3 is 0 Å². The maximum absolute atomic E-state index is 12.9. The lowest BCUT2D eigenvalue weighted by Gasteiger charge is -2.19. The van der Waals surface area contributed by atoms with E-state index < -0.39 is 114 Å². The van der Waals surface area contributed by atoms with E-state index in [9.17, 15) is 77.2 Å². The zero-order valence-electron chi connectivity index (χ0n) is 66.7. The molecule has 0 aliphatic heterocycles. The highest BCUT2D eigenvalue weighted by Crippen LogP contribution is 2.30. The smallest absolute Gasteiger partial charge is 0.159 e. The molecule has 0 unspecified atom stereocenters. The first kappa shape index (κ1) is 100. The molecule has 28 heteroatoms. The molecule has 0 atom stereocenters. The van der Waals surface area contributed by atoms with Gasteiger partial charge < -0.3 is 10.2 Å². The van der Waals surface area contributed by atoms with Crippen LogP contribution in [-0.2, 0) is 109 Å². The Labute approximate surface area is 655 Å². The molecule has 606 valence electrons. The average molecular weight is 1680 g/mol. The molecular formula is C80H113Cl2F3O16S7. The van der Waals surface area contributed by atoms with Crippen molar-refractivity contribution < 1.29 is 82.3 Å². The number of aromatic hydroxyl groups is 2. The Hall–Kier alpha value is -5.84. The van der Waals surface area contributed by atoms with Gasteiger partial charge in [-0.2, -0.15) is 0 Å². The third-order valence-electron chi connectivity index (χ3n) is 16.6. The topological polar surface area (TPSA) is 279 Å². The Balaban J connectivity index is 0.000000630. The van der Waals surface area contributed by atoms with Crippen LogP contribution in [0.3, 0.4) is 0 Å². The molecule has 0 aromatic heterocycles. The van der Waals surface area contributed by atoms with Crippen LogP contribution in [-0.4, -0.2) is 102 Å². The summed E-state index contributed by atoms with van der Waals surface area (Å²) in [7, 11) is -22.2. The minimum absolute atomic E-state index is 0.0107. The van der Waals surface area contributed by atoms with Gasteiger partial charge in [0.2, 0.25) is 0 Å². The molecule has 0 amide bonds. The van der Waals surface area contributed by atoms with E-state index in [2.05, 4.69) is 0 Å². The van der Waals surface area contributed by atoms with Crippen molar-refractivity contribution in [3.05, 3.63) is 235 Å². The summed E-state index contributed by atoms with van der Waals surface area (Å²) in [5, 5.41) is 18.4. The Kier molecular flexibility index (Phi) is 36.2. The number of sulfone groups is 7. The molecular weight excluding hydrogens is 1570 g/mol. The van der Waals surface area contributed by atoms with Crippen LogP contribution in [0, 0.1) is 38.2 Å². The predicted octanol–water partition coefficient (Wildman–Crippen LogP) is 18.9. The third kappa shape index (κ3) is 33.2. The third-order valence-corrected chi connectivity index (χ3v) is 35.3. The summed E-state index contributed by atoms with van der Waals surface area (Å²) in [6, 6.07) is 39.2. The van der Waals surface area contributed by atoms with E-state index >= 15 is 0 Å². The van der Waals surface area contributed by atoms with Gasteiger partial charge in [0.1, 0.15) is 29.0 Å². The van der Waals surface area contributed by atoms with Gasteiger partial charge in [-0.25, -0.2) is 72.1 Å². The highest BCUT2D eigenvalue weighted by molar-refractivity contribution is 7.93. The summed E-state index contributed by atoms with van der Waals surface area (Å²) < 4.78 is 200. The standard InChI is InChI=1S/C13H20O2S.C12H18O2S.2C11H14ClFO2S.C11H15FO2S.2C11H16O3S/c1-10-6-7-12(8-11(10)2)9-16(14,15)13(3,4)5;1-10-7-5-6-8-11(10)9-15(13,14)12(2,3)4;1-11(2,3)16(14,15)7-8-4-5-9(13)6-10(8)12;1-11(2,3)16(14,15)7-8-4-5-10(13)9(12)6-8;2*1-11(2,3)15(13,14)8-9-4-6-10(12)7-5-9;1-11(2,3)15(13,14)8-9-5-4-6-10(12)7-9/h6-8H,9H2,1-5H3;5-8H,9H2,1-4H3;2*4-6H,7H2,1-3H3;4-7H,8H2,1-3H3;2*4-7,12H,8H2,1-3H3. The second-order valence-electron chi connectivity index (χ2n) is 32.9. The Morgan fingerprint density at radius 1 is 0.269 bits per heavy atom. The van der Waals surface area contributed by atoms with Crippen molar-refractivity contribution in [2.24, 2.45) is 0 Å². The van der Waals surface area contributed by atoms with Gasteiger partial charge in [-0.05, 0) is 282 Å². The van der Waals surface area contributed by atoms with Crippen molar-refractivity contribution in [1.82, 2.24) is 0 Å². The second-order valence-corrected chi connectivity index (χ2v) is 52.9. The van der Waals surface area contributed by atoms with E-state index in [-0.39, 0.29) is 67.6 Å². The van der Waals surface area contributed by atoms with Gasteiger partial charge in [0, 0.05) is 5.02 Å². The molecule has 0 heterocycles. The van der Waals surface area contributed by atoms with Gasteiger partial charge in [-0.1, -0.05) is 114 Å². The number of hydrogen-bond donors (Lipinski definition) is 2. The number of aryl methyl sites for hydroxylation is 3. The zero-order chi connectivity index (χ0) is 84.4. The molecule has 16 nitrogen and oxygen atoms in total. The second kappa shape index (κ2) is 39.1. The Morgan fingerprint density at radius 2 is 0.583 bits per heavy atom. The molecule has 2 N–H and O–H groups in total. The van der Waals surface area contributed by atoms with Crippen molar-refractivity contribution in [2.45, 2.75) is 240 Å². The van der Waals surface area contributed by atoms with Crippen molar-refractivity contribution >= 4 is 92.1 Å². The van der Waals surface area contributed by atoms with E-state index in [0.29, 0.717) is 27.8 Å². The summed E-state index contributed by atoms with van der Waals surface area (Å²) >= 11 is 11.4. The lowest BCUT2D eigenvalue weighted by Crippen LogP contribution is -2.29. The minimum Gasteiger partial charge on any atom is -0.508 e. The minimum atomic E-state index is -3.29. The first-order valence-corrected chi connectivity index (χ1v) is 46.5. The molecule has 7 rings (SSSR count). The lowest BCUT2D eigenvalue weighted by atomic mass is 10.1. The van der Waals surface area contributed by atoms with Crippen molar-refractivity contribution in [3.8, 4) is 11.5 Å². The number of halogens is 5. The molecule has 108 heavy (non-hydrogen) atoms. The highest BCUT2D eigenvalue weighted by atomic mass is 35.5. The molecule has 0 fully saturated rings. The fourth-order valence-electron chi connectivity index (χ4n) is 7.77. The average Bonchev–Trinajstić information content (AvgIpc) is 0.856. The summed E-state index contributed by atoms with van der Waals surface area (Å²) in [4.78, 5) is 0. The quantitative estimate of drug-likeness (QED) is 0.102. The predicted molar refractivity (Wildman–Crippen MR) is 439 cm³/mol. The van der Waals surface area contributed by atoms with E-state index in [0.717, 1.165) is 28.3 Å². The van der Waals surface area contributed by atoms with Crippen molar-refractivity contribution in [3.63, 3.8) is 0 Å². The molecule has 7 aromatic carbocycles. The Bertz CT molecular complexity index is 4780. The van der Waals surface area contributed by atoms with Crippen LogP contribution in [0.1, 0.15) is 201 Å². The number of rotatable bonds is 14. The summed E-state index contributed by atoms with van der Waals surface area (Å²) in [6.45, 7) is 41.2. The van der Waals surface area contributed by atoms with Crippen LogP contribution in [0.15, 0.2) is 152 Å². The molecule has 0 spiro atoms. The van der Waals surface area contributed by atoms with E-state index in [1.165, 1.54) is 84.4 Å². The molecule has 0 aliphatic carbocycles. The SMILES string of the molecule is CC(C)(C)S(=O)(=O)Cc1ccc(F)c(Cl)c1.CC(C)(C)S(=O)(=O)Cc1ccc(F)cc1.CC(C)(C)S(=O)(=O)Cc1ccc(F)cc1Cl.CC(C)(C)S(=O)(=O)Cc1ccc(O)cc1.CC(C)(C)S(=O)(=O)Cc1cccc(O)c1.Cc1ccc(CS(=O)(=O)C(C)(C)C)cc1C.Cc1ccccc1CS(=O)(=O)C(C)(C)C. The first-order valence-electron chi connectivity index (χ1n) is 34.2. The van der Waals surface area contributed by atoms with E-state index in [1.54, 1.807) is 170 Å². The zero-order valence-corrected chi connectivity index (χ0v) is 74.0. The van der Waals surface area contributed by atoms with Crippen LogP contribution in [0.4, 0.5) is 13.2 Å². The molecule has 0 saturated carbocycles. The van der Waals surface area contributed by atoms with Gasteiger partial charge in [0.05, 0.1) is 78.5 Å². The Morgan fingerprint density at radius 3 is 0.935 bits per heavy atom. The fraction of sp³-hybridized carbons (Fsp3) is 0.475. The molecule has 0 saturated heterocycles. The molecule has 0 bridgehead atoms. The lowest BCUT2D eigenvalue weighted by molar-refractivity contribution is 0.474. The number of benzene rings is 7. The van der Waals surface area contributed by atoms with Crippen LogP contribution >= 0.6 is 23.2 Å². The molecule has 7 aromatic rings. The summed E-state index contributed by atoms with van der Waals surface area (Å²) in [5.41, 5.74) is 7.99. The fourth-order valence-corrected chi connectivity index (χ4v) is 15.8. The van der Waals surface area contributed by atoms with Crippen molar-refractivity contribution in [1.29, 1.82) is 0 Å². The highest BCUT2D eigenvalue weighted by Gasteiger charge is 2.35. The van der Waals surface area contributed by atoms with Gasteiger partial charge in [0.25, 0.3) is 0 Å². The number of phenols is 2. The van der Waals surface area contributed by atoms with Crippen molar-refractivity contribution in [2.75, 3.05) is 0 Å². The first-order chi connectivity index (χ1) is 48.3. The normalized spacial score (nSPS) is 12.8. The summed E-state index contributed by atoms with van der Waals surface area (Å²) in [6.07, 6.45) is 0. The van der Waals surface area contributed by atoms with Crippen LogP contribution in [0.25, 0.3) is 0 Å². The number of hydrogen-bond acceptors (Lipinski definition) is 16. The van der Waals surface area contributed by atoms with Gasteiger partial charge in [-0.15, -0.1) is 0 Å². The van der Waals surface area contributed by atoms with Crippen LogP contribution in [0.5, 0.6) is 11.5 Å². The molecule has 0 aliphatic rings. The van der Waals surface area contributed by atoms with E-state index in [1.807, 2.05) is 63.2 Å². The van der Waals surface area contributed by atoms with Gasteiger partial charge in [-0.3, -0.25) is 0 Å². The maximum atomic E-state index is 12.9. The summed E-state index contributed by atoms with van der Waals surface area (Å²) in [5.74, 6) is -1.25. The number of phenolic OH excluding ortho intramolecular Hbond substituents is 2. The largest absolute Gasteiger partial charge is 0.508 e. The van der Waals surface area contributed by atoms with Gasteiger partial charge in [0.15, 0.2) is 68.9 Å². The van der Waals surface area contributed by atoms with Crippen LogP contribution < -0.4 is 0 Å². The van der Waals surface area contributed by atoms with Crippen LogP contribution in [0.2, 0.25) is 10.0 Å².